The molecule has 0 saturated heterocycles. The second kappa shape index (κ2) is 9.31. The Kier molecular flexibility index (Phi) is 6.60. The molecule has 8 heteroatoms. The molecule has 2 atom stereocenters. The van der Waals surface area contributed by atoms with E-state index in [-0.39, 0.29) is 25.6 Å². The quantitative estimate of drug-likeness (QED) is 0.428. The number of Topliss-reactive ketones (excluding diaryl/α,β-unsaturated/α-hetero) is 1. The van der Waals surface area contributed by atoms with Gasteiger partial charge in [0, 0.05) is 16.6 Å². The third-order valence-electron chi connectivity index (χ3n) is 6.55. The first kappa shape index (κ1) is 24.1. The number of hydrogen-bond donors (Lipinski definition) is 4. The second-order valence-corrected chi connectivity index (χ2v) is 9.05. The van der Waals surface area contributed by atoms with Gasteiger partial charge in [-0.15, -0.1) is 0 Å². The predicted molar refractivity (Wildman–Crippen MR) is 123 cm³/mol. The molecule has 2 aliphatic carbocycles. The Labute approximate surface area is 197 Å². The molecular formula is C26H28O8. The van der Waals surface area contributed by atoms with Crippen molar-refractivity contribution in [3.63, 3.8) is 0 Å². The molecule has 2 aromatic rings. The molecule has 0 unspecified atom stereocenters. The molecule has 0 bridgehead atoms. The predicted octanol–water partition coefficient (Wildman–Crippen LogP) is 1.41. The molecule has 2 aromatic carbocycles. The Balaban J connectivity index is 1.62. The van der Waals surface area contributed by atoms with E-state index in [0.717, 1.165) is 22.3 Å². The van der Waals surface area contributed by atoms with Crippen LogP contribution in [0, 0.1) is 0 Å². The van der Waals surface area contributed by atoms with Gasteiger partial charge in [0.25, 0.3) is 0 Å². The van der Waals surface area contributed by atoms with E-state index in [1.54, 1.807) is 36.4 Å². The van der Waals surface area contributed by atoms with E-state index in [9.17, 15) is 19.8 Å². The summed E-state index contributed by atoms with van der Waals surface area (Å²) < 4.78 is 10.6. The van der Waals surface area contributed by atoms with Crippen LogP contribution in [0.5, 0.6) is 5.75 Å². The molecule has 0 saturated carbocycles. The van der Waals surface area contributed by atoms with E-state index in [2.05, 4.69) is 0 Å². The molecule has 0 radical (unpaired) electrons. The fourth-order valence-corrected chi connectivity index (χ4v) is 4.61. The lowest BCUT2D eigenvalue weighted by atomic mass is 9.68. The number of carbonyl (C=O) groups is 2. The summed E-state index contributed by atoms with van der Waals surface area (Å²) in [5, 5.41) is 37.2. The van der Waals surface area contributed by atoms with Gasteiger partial charge in [0.1, 0.15) is 31.2 Å². The van der Waals surface area contributed by atoms with Crippen LogP contribution in [0.15, 0.2) is 42.0 Å². The molecule has 0 heterocycles. The Morgan fingerprint density at radius 1 is 1.06 bits per heavy atom. The number of esters is 1. The van der Waals surface area contributed by atoms with E-state index in [1.807, 2.05) is 13.8 Å². The average molecular weight is 469 g/mol. The zero-order chi connectivity index (χ0) is 24.6. The van der Waals surface area contributed by atoms with Crippen molar-refractivity contribution < 1.29 is 39.5 Å². The van der Waals surface area contributed by atoms with Crippen molar-refractivity contribution in [1.29, 1.82) is 0 Å². The van der Waals surface area contributed by atoms with Crippen molar-refractivity contribution in [2.75, 3.05) is 26.4 Å². The molecule has 0 fully saturated rings. The SMILES string of the molecule is CC1(C)C2=C(C(=O)c3ccc(OC[C@@H](O)[C@H](O)CO)cc31)c1ccc(C(=O)OCCO)cc1C2. The summed E-state index contributed by atoms with van der Waals surface area (Å²) in [5.41, 5.74) is 4.50. The van der Waals surface area contributed by atoms with Crippen molar-refractivity contribution in [2.45, 2.75) is 37.9 Å². The first-order valence-electron chi connectivity index (χ1n) is 11.1. The highest BCUT2D eigenvalue weighted by molar-refractivity contribution is 6.33. The van der Waals surface area contributed by atoms with Crippen LogP contribution >= 0.6 is 0 Å². The van der Waals surface area contributed by atoms with Crippen LogP contribution in [0.3, 0.4) is 0 Å². The van der Waals surface area contributed by atoms with Gasteiger partial charge in [-0.2, -0.15) is 0 Å². The first-order chi connectivity index (χ1) is 16.2. The van der Waals surface area contributed by atoms with Crippen molar-refractivity contribution >= 4 is 17.3 Å². The van der Waals surface area contributed by atoms with Crippen molar-refractivity contribution in [1.82, 2.24) is 0 Å². The van der Waals surface area contributed by atoms with E-state index in [4.69, 9.17) is 19.7 Å². The molecule has 2 aliphatic rings. The van der Waals surface area contributed by atoms with Crippen molar-refractivity contribution in [2.24, 2.45) is 0 Å². The number of aliphatic hydroxyl groups excluding tert-OH is 4. The number of allylic oxidation sites excluding steroid dienone is 2. The third-order valence-corrected chi connectivity index (χ3v) is 6.55. The number of rotatable bonds is 8. The number of ketones is 1. The molecule has 4 rings (SSSR count). The summed E-state index contributed by atoms with van der Waals surface area (Å²) in [6.07, 6.45) is -2.03. The van der Waals surface area contributed by atoms with Crippen LogP contribution in [0.25, 0.3) is 5.57 Å². The van der Waals surface area contributed by atoms with Crippen LogP contribution in [-0.4, -0.2) is 70.8 Å². The van der Waals surface area contributed by atoms with E-state index in [0.29, 0.717) is 28.9 Å². The molecule has 0 amide bonds. The van der Waals surface area contributed by atoms with Crippen LogP contribution < -0.4 is 4.74 Å². The van der Waals surface area contributed by atoms with Gasteiger partial charge in [-0.25, -0.2) is 4.79 Å². The Morgan fingerprint density at radius 2 is 1.79 bits per heavy atom. The number of aliphatic hydroxyl groups is 4. The lowest BCUT2D eigenvalue weighted by Crippen LogP contribution is -2.34. The summed E-state index contributed by atoms with van der Waals surface area (Å²) in [6, 6.07) is 10.3. The van der Waals surface area contributed by atoms with E-state index >= 15 is 0 Å². The molecule has 34 heavy (non-hydrogen) atoms. The summed E-state index contributed by atoms with van der Waals surface area (Å²) in [6.45, 7) is 2.96. The van der Waals surface area contributed by atoms with Gasteiger partial charge < -0.3 is 29.9 Å². The van der Waals surface area contributed by atoms with Crippen LogP contribution in [0.2, 0.25) is 0 Å². The maximum atomic E-state index is 13.5. The fourth-order valence-electron chi connectivity index (χ4n) is 4.61. The Hall–Kier alpha value is -3.04. The highest BCUT2D eigenvalue weighted by atomic mass is 16.5. The van der Waals surface area contributed by atoms with Gasteiger partial charge >= 0.3 is 5.97 Å². The smallest absolute Gasteiger partial charge is 0.338 e. The topological polar surface area (TPSA) is 134 Å². The highest BCUT2D eigenvalue weighted by Gasteiger charge is 2.43. The van der Waals surface area contributed by atoms with Gasteiger partial charge in [-0.1, -0.05) is 19.9 Å². The molecule has 180 valence electrons. The lowest BCUT2D eigenvalue weighted by molar-refractivity contribution is -0.0339. The molecule has 4 N–H and O–H groups in total. The first-order valence-corrected chi connectivity index (χ1v) is 11.1. The second-order valence-electron chi connectivity index (χ2n) is 9.05. The Morgan fingerprint density at radius 3 is 2.50 bits per heavy atom. The summed E-state index contributed by atoms with van der Waals surface area (Å²) in [4.78, 5) is 25.7. The zero-order valence-electron chi connectivity index (χ0n) is 19.1. The number of ether oxygens (including phenoxy) is 2. The van der Waals surface area contributed by atoms with Crippen LogP contribution in [-0.2, 0) is 16.6 Å². The van der Waals surface area contributed by atoms with Gasteiger partial charge in [-0.05, 0) is 59.0 Å². The normalized spacial score (nSPS) is 17.5. The number of carbonyl (C=O) groups excluding carboxylic acids is 2. The minimum Gasteiger partial charge on any atom is -0.491 e. The standard InChI is InChI=1S/C26H28O8/c1-26(2)19-11-16(34-13-22(30)21(29)12-28)4-6-18(19)24(31)23-17-5-3-14(25(32)33-8-7-27)9-15(17)10-20(23)26/h3-6,9,11,21-22,27-30H,7-8,10,12-13H2,1-2H3/t21-,22-/m1/s1. The van der Waals surface area contributed by atoms with Gasteiger partial charge in [0.05, 0.1) is 18.8 Å². The minimum atomic E-state index is -1.30. The van der Waals surface area contributed by atoms with E-state index in [1.165, 1.54) is 0 Å². The summed E-state index contributed by atoms with van der Waals surface area (Å²) in [7, 11) is 0. The summed E-state index contributed by atoms with van der Waals surface area (Å²) >= 11 is 0. The summed E-state index contributed by atoms with van der Waals surface area (Å²) in [5.74, 6) is -0.177. The van der Waals surface area contributed by atoms with Gasteiger partial charge in [0.2, 0.25) is 0 Å². The van der Waals surface area contributed by atoms with Gasteiger partial charge in [-0.3, -0.25) is 4.79 Å². The maximum Gasteiger partial charge on any atom is 0.338 e. The molecular weight excluding hydrogens is 440 g/mol. The Bertz CT molecular complexity index is 1160. The maximum absolute atomic E-state index is 13.5. The molecule has 0 spiro atoms. The largest absolute Gasteiger partial charge is 0.491 e. The van der Waals surface area contributed by atoms with Gasteiger partial charge in [0.15, 0.2) is 5.78 Å². The van der Waals surface area contributed by atoms with Crippen LogP contribution in [0.1, 0.15) is 51.3 Å². The average Bonchev–Trinajstić information content (AvgIpc) is 3.24. The highest BCUT2D eigenvalue weighted by Crippen LogP contribution is 2.50. The monoisotopic (exact) mass is 468 g/mol. The number of fused-ring (bicyclic) bond motifs is 3. The van der Waals surface area contributed by atoms with Crippen molar-refractivity contribution in [3.8, 4) is 5.75 Å². The zero-order valence-corrected chi connectivity index (χ0v) is 19.1. The number of hydrogen-bond acceptors (Lipinski definition) is 8. The third kappa shape index (κ3) is 4.14. The fraction of sp³-hybridized carbons (Fsp3) is 0.385. The molecule has 0 aromatic heterocycles. The lowest BCUT2D eigenvalue weighted by Gasteiger charge is -2.34. The number of benzene rings is 2. The molecule has 0 aliphatic heterocycles. The van der Waals surface area contributed by atoms with E-state index < -0.39 is 30.2 Å². The molecule has 8 nitrogen and oxygen atoms in total. The van der Waals surface area contributed by atoms with Crippen molar-refractivity contribution in [3.05, 3.63) is 69.8 Å². The minimum absolute atomic E-state index is 0.0775. The van der Waals surface area contributed by atoms with Crippen LogP contribution in [0.4, 0.5) is 0 Å².